The lowest BCUT2D eigenvalue weighted by Crippen LogP contribution is -1.99. The van der Waals surface area contributed by atoms with Crippen LogP contribution in [-0.4, -0.2) is 8.40 Å². The van der Waals surface area contributed by atoms with Crippen molar-refractivity contribution in [3.8, 4) is 10.9 Å². The Bertz CT molecular complexity index is 511. The molecule has 0 aliphatic carbocycles. The first-order valence-corrected chi connectivity index (χ1v) is 8.66. The number of hydrogen-bond acceptors (Lipinski definition) is 1. The van der Waals surface area contributed by atoms with E-state index < -0.39 is 8.40 Å². The Balaban J connectivity index is 2.84. The molecule has 0 unspecified atom stereocenters. The summed E-state index contributed by atoms with van der Waals surface area (Å²) in [5.74, 6) is 0. The second-order valence-electron chi connectivity index (χ2n) is 4.73. The lowest BCUT2D eigenvalue weighted by molar-refractivity contribution is 0.562. The van der Waals surface area contributed by atoms with E-state index in [1.165, 1.54) is 22.1 Å². The number of rotatable bonds is 3. The van der Waals surface area contributed by atoms with Crippen molar-refractivity contribution in [2.45, 2.75) is 47.0 Å². The van der Waals surface area contributed by atoms with E-state index in [0.717, 1.165) is 19.3 Å². The molecule has 0 saturated carbocycles. The first-order chi connectivity index (χ1) is 8.15. The van der Waals surface area contributed by atoms with Crippen LogP contribution in [0.25, 0.3) is 10.9 Å². The van der Waals surface area contributed by atoms with Crippen LogP contribution in [0.5, 0.6) is 0 Å². The highest BCUT2D eigenvalue weighted by Gasteiger charge is 2.23. The zero-order valence-corrected chi connectivity index (χ0v) is 12.6. The van der Waals surface area contributed by atoms with E-state index in [1.807, 2.05) is 6.26 Å². The topological polar surface area (TPSA) is 13.1 Å². The molecule has 0 aromatic carbocycles. The van der Waals surface area contributed by atoms with Gasteiger partial charge in [0.2, 0.25) is 0 Å². The third-order valence-electron chi connectivity index (χ3n) is 3.98. The van der Waals surface area contributed by atoms with Crippen LogP contribution in [0.4, 0.5) is 0 Å². The second-order valence-corrected chi connectivity index (χ2v) is 7.19. The fourth-order valence-electron chi connectivity index (χ4n) is 2.88. The van der Waals surface area contributed by atoms with Crippen molar-refractivity contribution in [3.05, 3.63) is 28.1 Å². The molecular formula is C15H22OSi. The molecule has 2 heterocycles. The normalized spacial score (nSPS) is 11.4. The van der Waals surface area contributed by atoms with Gasteiger partial charge in [0.15, 0.2) is 0 Å². The molecule has 0 aromatic heterocycles. The molecule has 92 valence electrons. The molecule has 0 atom stereocenters. The van der Waals surface area contributed by atoms with Crippen LogP contribution >= 0.6 is 0 Å². The Morgan fingerprint density at radius 1 is 1.06 bits per heavy atom. The minimum Gasteiger partial charge on any atom is -0.470 e. The van der Waals surface area contributed by atoms with E-state index in [0.29, 0.717) is 0 Å². The van der Waals surface area contributed by atoms with Crippen LogP contribution in [0.3, 0.4) is 0 Å². The SMILES string of the molecule is CCc1coc2[si](C)c(C)c(CC)c-2c1CC. The molecule has 0 N–H and O–H groups in total. The van der Waals surface area contributed by atoms with Gasteiger partial charge in [0, 0.05) is 5.56 Å². The Morgan fingerprint density at radius 3 is 2.24 bits per heavy atom. The zero-order chi connectivity index (χ0) is 12.6. The van der Waals surface area contributed by atoms with Crippen LogP contribution in [0.2, 0.25) is 0 Å². The van der Waals surface area contributed by atoms with Crippen LogP contribution in [-0.2, 0) is 25.8 Å². The molecule has 17 heavy (non-hydrogen) atoms. The highest BCUT2D eigenvalue weighted by atomic mass is 28.2. The van der Waals surface area contributed by atoms with Crippen LogP contribution < -0.4 is 0 Å². The van der Waals surface area contributed by atoms with Gasteiger partial charge in [0.05, 0.1) is 14.7 Å². The molecule has 0 spiro atoms. The van der Waals surface area contributed by atoms with Crippen molar-refractivity contribution in [3.63, 3.8) is 0 Å². The van der Waals surface area contributed by atoms with Gasteiger partial charge in [-0.05, 0) is 49.4 Å². The first kappa shape index (κ1) is 12.6. The molecule has 0 saturated heterocycles. The van der Waals surface area contributed by atoms with Gasteiger partial charge in [0.1, 0.15) is 5.37 Å². The lowest BCUT2D eigenvalue weighted by atomic mass is 9.96. The molecule has 0 fully saturated rings. The summed E-state index contributed by atoms with van der Waals surface area (Å²) in [6.07, 6.45) is 5.32. The Kier molecular flexibility index (Phi) is 3.52. The molecule has 2 aliphatic heterocycles. The highest BCUT2D eigenvalue weighted by Crippen LogP contribution is 2.36. The summed E-state index contributed by atoms with van der Waals surface area (Å²) < 4.78 is 5.95. The molecule has 2 rings (SSSR count). The van der Waals surface area contributed by atoms with Gasteiger partial charge in [-0.25, -0.2) is 0 Å². The van der Waals surface area contributed by atoms with E-state index in [-0.39, 0.29) is 0 Å². The lowest BCUT2D eigenvalue weighted by Gasteiger charge is -2.13. The summed E-state index contributed by atoms with van der Waals surface area (Å²) >= 11 is 0. The van der Waals surface area contributed by atoms with Gasteiger partial charge in [-0.3, -0.25) is 0 Å². The summed E-state index contributed by atoms with van der Waals surface area (Å²) in [7, 11) is -0.595. The third kappa shape index (κ3) is 1.79. The molecular weight excluding hydrogens is 224 g/mol. The average molecular weight is 246 g/mol. The van der Waals surface area contributed by atoms with Crippen molar-refractivity contribution >= 4 is 8.40 Å². The van der Waals surface area contributed by atoms with E-state index in [2.05, 4.69) is 34.2 Å². The maximum atomic E-state index is 5.95. The molecule has 1 nitrogen and oxygen atoms in total. The smallest absolute Gasteiger partial charge is 0.108 e. The molecule has 0 radical (unpaired) electrons. The fourth-order valence-corrected chi connectivity index (χ4v) is 4.89. The van der Waals surface area contributed by atoms with E-state index in [4.69, 9.17) is 4.42 Å². The first-order valence-electron chi connectivity index (χ1n) is 6.66. The van der Waals surface area contributed by atoms with Crippen LogP contribution in [0.1, 0.15) is 42.6 Å². The summed E-state index contributed by atoms with van der Waals surface area (Å²) in [5.41, 5.74) is 5.96. The summed E-state index contributed by atoms with van der Waals surface area (Å²) in [5, 5.41) is 2.89. The number of hydrogen-bond donors (Lipinski definition) is 0. The van der Waals surface area contributed by atoms with Gasteiger partial charge >= 0.3 is 0 Å². The van der Waals surface area contributed by atoms with Crippen molar-refractivity contribution < 1.29 is 4.42 Å². The third-order valence-corrected chi connectivity index (χ3v) is 6.46. The van der Waals surface area contributed by atoms with Gasteiger partial charge < -0.3 is 4.42 Å². The van der Waals surface area contributed by atoms with Gasteiger partial charge in [-0.15, -0.1) is 0 Å². The molecule has 0 bridgehead atoms. The Hall–Kier alpha value is -0.893. The van der Waals surface area contributed by atoms with E-state index in [9.17, 15) is 0 Å². The zero-order valence-electron chi connectivity index (χ0n) is 11.6. The predicted molar refractivity (Wildman–Crippen MR) is 75.1 cm³/mol. The van der Waals surface area contributed by atoms with Crippen molar-refractivity contribution in [1.29, 1.82) is 0 Å². The van der Waals surface area contributed by atoms with Gasteiger partial charge in [-0.2, -0.15) is 0 Å². The van der Waals surface area contributed by atoms with Crippen LogP contribution in [0.15, 0.2) is 10.7 Å². The second kappa shape index (κ2) is 4.77. The highest BCUT2D eigenvalue weighted by molar-refractivity contribution is 6.60. The van der Waals surface area contributed by atoms with E-state index in [1.54, 1.807) is 10.7 Å². The monoisotopic (exact) mass is 246 g/mol. The van der Waals surface area contributed by atoms with Gasteiger partial charge in [-0.1, -0.05) is 25.9 Å². The molecule has 2 heteroatoms. The quantitative estimate of drug-likeness (QED) is 0.748. The maximum absolute atomic E-state index is 5.95. The van der Waals surface area contributed by atoms with E-state index >= 15 is 0 Å². The molecule has 0 amide bonds. The summed E-state index contributed by atoms with van der Waals surface area (Å²) in [6, 6.07) is 0. The largest absolute Gasteiger partial charge is 0.470 e. The van der Waals surface area contributed by atoms with Crippen LogP contribution in [0, 0.1) is 6.92 Å². The average Bonchev–Trinajstić information content (AvgIpc) is 2.60. The number of fused-ring (bicyclic) bond motifs is 1. The number of aryl methyl sites for hydroxylation is 1. The van der Waals surface area contributed by atoms with Crippen molar-refractivity contribution in [2.75, 3.05) is 0 Å². The maximum Gasteiger partial charge on any atom is 0.108 e. The minimum absolute atomic E-state index is 0.595. The summed E-state index contributed by atoms with van der Waals surface area (Å²) in [6.45, 7) is 11.4. The Labute approximate surface area is 106 Å². The molecule has 2 aliphatic rings. The van der Waals surface area contributed by atoms with Crippen molar-refractivity contribution in [2.24, 2.45) is 6.55 Å². The minimum atomic E-state index is -0.595. The fraction of sp³-hybridized carbons (Fsp3) is 0.533. The van der Waals surface area contributed by atoms with Crippen molar-refractivity contribution in [1.82, 2.24) is 0 Å². The predicted octanol–water partition coefficient (Wildman–Crippen LogP) is 3.94. The Morgan fingerprint density at radius 2 is 1.71 bits per heavy atom. The van der Waals surface area contributed by atoms with Gasteiger partial charge in [0.25, 0.3) is 0 Å². The standard InChI is InChI=1S/C15H22OSi/c1-6-11-9-16-15-14(13(11)8-3)12(7-2)10(4)17(15)5/h9H,6-8H2,1-5H3. The molecule has 0 aromatic rings. The summed E-state index contributed by atoms with van der Waals surface area (Å²) in [4.78, 5) is 0.